The van der Waals surface area contributed by atoms with Gasteiger partial charge >= 0.3 is 0 Å². The molecular weight excluding hydrogens is 220 g/mol. The van der Waals surface area contributed by atoms with Gasteiger partial charge in [0.15, 0.2) is 0 Å². The zero-order valence-electron chi connectivity index (χ0n) is 10.6. The fourth-order valence-electron chi connectivity index (χ4n) is 2.10. The van der Waals surface area contributed by atoms with Crippen molar-refractivity contribution in [1.82, 2.24) is 9.97 Å². The lowest BCUT2D eigenvalue weighted by atomic mass is 9.89. The number of aromatic nitrogens is 2. The van der Waals surface area contributed by atoms with Crippen LogP contribution in [0.25, 0.3) is 0 Å². The Morgan fingerprint density at radius 2 is 1.94 bits per heavy atom. The lowest BCUT2D eigenvalue weighted by Gasteiger charge is -2.22. The zero-order valence-corrected chi connectivity index (χ0v) is 11.3. The maximum Gasteiger partial charge on any atom is 0.115 e. The van der Waals surface area contributed by atoms with E-state index in [-0.39, 0.29) is 5.38 Å². The first kappa shape index (κ1) is 13.4. The van der Waals surface area contributed by atoms with Crippen LogP contribution in [0.3, 0.4) is 0 Å². The van der Waals surface area contributed by atoms with Crippen molar-refractivity contribution >= 4 is 11.6 Å². The summed E-state index contributed by atoms with van der Waals surface area (Å²) in [6, 6.07) is 2.10. The second-order valence-electron chi connectivity index (χ2n) is 4.63. The van der Waals surface area contributed by atoms with Crippen molar-refractivity contribution in [2.75, 3.05) is 0 Å². The van der Waals surface area contributed by atoms with Crippen LogP contribution in [0.4, 0.5) is 0 Å². The Morgan fingerprint density at radius 3 is 2.44 bits per heavy atom. The van der Waals surface area contributed by atoms with Crippen LogP contribution < -0.4 is 0 Å². The average Bonchev–Trinajstić information content (AvgIpc) is 2.17. The van der Waals surface area contributed by atoms with Gasteiger partial charge in [-0.05, 0) is 25.3 Å². The molecule has 0 bridgehead atoms. The molecule has 1 aromatic rings. The third-order valence-corrected chi connectivity index (χ3v) is 3.08. The number of alkyl halides is 1. The standard InChI is InChI=1S/C13H21ClN2/c1-5-6-11-7-12(16-8-15-11)13(9(2)3)10(4)14/h7-10,13H,5-6H2,1-4H3. The number of nitrogens with zero attached hydrogens (tertiary/aromatic N) is 2. The highest BCUT2D eigenvalue weighted by atomic mass is 35.5. The first-order valence-corrected chi connectivity index (χ1v) is 6.44. The quantitative estimate of drug-likeness (QED) is 0.732. The minimum absolute atomic E-state index is 0.101. The third-order valence-electron chi connectivity index (χ3n) is 2.81. The van der Waals surface area contributed by atoms with Crippen LogP contribution in [-0.4, -0.2) is 15.3 Å². The first-order chi connectivity index (χ1) is 7.56. The van der Waals surface area contributed by atoms with Gasteiger partial charge in [-0.2, -0.15) is 0 Å². The topological polar surface area (TPSA) is 25.8 Å². The minimum atomic E-state index is 0.101. The molecule has 0 saturated carbocycles. The molecule has 0 amide bonds. The highest BCUT2D eigenvalue weighted by Gasteiger charge is 2.22. The lowest BCUT2D eigenvalue weighted by molar-refractivity contribution is 0.478. The van der Waals surface area contributed by atoms with Crippen molar-refractivity contribution in [3.05, 3.63) is 23.8 Å². The van der Waals surface area contributed by atoms with Crippen LogP contribution in [0.2, 0.25) is 0 Å². The summed E-state index contributed by atoms with van der Waals surface area (Å²) in [6.07, 6.45) is 3.78. The summed E-state index contributed by atoms with van der Waals surface area (Å²) in [7, 11) is 0. The van der Waals surface area contributed by atoms with Crippen LogP contribution in [0.5, 0.6) is 0 Å². The van der Waals surface area contributed by atoms with Crippen LogP contribution in [0, 0.1) is 5.92 Å². The molecule has 1 rings (SSSR count). The molecule has 2 nitrogen and oxygen atoms in total. The smallest absolute Gasteiger partial charge is 0.115 e. The summed E-state index contributed by atoms with van der Waals surface area (Å²) in [5.74, 6) is 0.803. The van der Waals surface area contributed by atoms with Crippen molar-refractivity contribution in [2.24, 2.45) is 5.92 Å². The van der Waals surface area contributed by atoms with E-state index >= 15 is 0 Å². The zero-order chi connectivity index (χ0) is 12.1. The Hall–Kier alpha value is -0.630. The molecular formula is C13H21ClN2. The van der Waals surface area contributed by atoms with Crippen molar-refractivity contribution in [3.8, 4) is 0 Å². The number of halogens is 1. The highest BCUT2D eigenvalue weighted by molar-refractivity contribution is 6.20. The molecule has 0 aromatic carbocycles. The van der Waals surface area contributed by atoms with Crippen molar-refractivity contribution in [1.29, 1.82) is 0 Å². The molecule has 0 aliphatic carbocycles. The molecule has 0 fully saturated rings. The molecule has 0 spiro atoms. The van der Waals surface area contributed by atoms with E-state index in [1.165, 1.54) is 0 Å². The number of aryl methyl sites for hydroxylation is 1. The van der Waals surface area contributed by atoms with Gasteiger partial charge in [0.05, 0.1) is 0 Å². The Bertz CT molecular complexity index is 315. The lowest BCUT2D eigenvalue weighted by Crippen LogP contribution is -2.17. The predicted molar refractivity (Wildman–Crippen MR) is 68.9 cm³/mol. The summed E-state index contributed by atoms with van der Waals surface area (Å²) in [4.78, 5) is 8.64. The molecule has 0 saturated heterocycles. The van der Waals surface area contributed by atoms with Gasteiger partial charge in [0.1, 0.15) is 6.33 Å². The van der Waals surface area contributed by atoms with E-state index in [1.807, 2.05) is 6.92 Å². The highest BCUT2D eigenvalue weighted by Crippen LogP contribution is 2.29. The van der Waals surface area contributed by atoms with Crippen LogP contribution in [-0.2, 0) is 6.42 Å². The summed E-state index contributed by atoms with van der Waals surface area (Å²) in [5.41, 5.74) is 2.20. The monoisotopic (exact) mass is 240 g/mol. The second kappa shape index (κ2) is 6.19. The Morgan fingerprint density at radius 1 is 1.25 bits per heavy atom. The number of rotatable bonds is 5. The van der Waals surface area contributed by atoms with Gasteiger partial charge in [-0.15, -0.1) is 11.6 Å². The maximum atomic E-state index is 6.24. The summed E-state index contributed by atoms with van der Waals surface area (Å²) in [5, 5.41) is 0.101. The summed E-state index contributed by atoms with van der Waals surface area (Å²) < 4.78 is 0. The second-order valence-corrected chi connectivity index (χ2v) is 5.32. The van der Waals surface area contributed by atoms with Crippen LogP contribution in [0.1, 0.15) is 51.4 Å². The summed E-state index contributed by atoms with van der Waals surface area (Å²) in [6.45, 7) is 8.57. The minimum Gasteiger partial charge on any atom is -0.241 e. The molecule has 1 heterocycles. The molecule has 2 atom stereocenters. The molecule has 0 aliphatic rings. The molecule has 0 aliphatic heterocycles. The van der Waals surface area contributed by atoms with E-state index in [4.69, 9.17) is 11.6 Å². The van der Waals surface area contributed by atoms with Gasteiger partial charge < -0.3 is 0 Å². The SMILES string of the molecule is CCCc1cc(C(C(C)C)C(C)Cl)ncn1. The van der Waals surface area contributed by atoms with E-state index in [0.29, 0.717) is 11.8 Å². The predicted octanol–water partition coefficient (Wildman–Crippen LogP) is 3.80. The van der Waals surface area contributed by atoms with Gasteiger partial charge in [-0.25, -0.2) is 9.97 Å². The first-order valence-electron chi connectivity index (χ1n) is 6.01. The average molecular weight is 241 g/mol. The summed E-state index contributed by atoms with van der Waals surface area (Å²) >= 11 is 6.24. The van der Waals surface area contributed by atoms with Gasteiger partial charge in [0.2, 0.25) is 0 Å². The van der Waals surface area contributed by atoms with E-state index < -0.39 is 0 Å². The third kappa shape index (κ3) is 3.44. The molecule has 16 heavy (non-hydrogen) atoms. The fourth-order valence-corrected chi connectivity index (χ4v) is 2.52. The maximum absolute atomic E-state index is 6.24. The van der Waals surface area contributed by atoms with Crippen molar-refractivity contribution in [2.45, 2.75) is 51.8 Å². The van der Waals surface area contributed by atoms with Crippen LogP contribution in [0.15, 0.2) is 12.4 Å². The van der Waals surface area contributed by atoms with Gasteiger partial charge in [0.25, 0.3) is 0 Å². The van der Waals surface area contributed by atoms with Crippen molar-refractivity contribution in [3.63, 3.8) is 0 Å². The normalized spacial score (nSPS) is 15.1. The van der Waals surface area contributed by atoms with Crippen molar-refractivity contribution < 1.29 is 0 Å². The molecule has 90 valence electrons. The number of hydrogen-bond donors (Lipinski definition) is 0. The molecule has 3 heteroatoms. The molecule has 0 N–H and O–H groups in total. The fraction of sp³-hybridized carbons (Fsp3) is 0.692. The van der Waals surface area contributed by atoms with Gasteiger partial charge in [-0.1, -0.05) is 27.2 Å². The Kier molecular flexibility index (Phi) is 5.20. The van der Waals surface area contributed by atoms with E-state index in [2.05, 4.69) is 36.8 Å². The van der Waals surface area contributed by atoms with E-state index in [9.17, 15) is 0 Å². The van der Waals surface area contributed by atoms with E-state index in [1.54, 1.807) is 6.33 Å². The van der Waals surface area contributed by atoms with Gasteiger partial charge in [0, 0.05) is 22.7 Å². The Labute approximate surface area is 103 Å². The number of hydrogen-bond acceptors (Lipinski definition) is 2. The largest absolute Gasteiger partial charge is 0.241 e. The molecule has 2 unspecified atom stereocenters. The molecule has 0 radical (unpaired) electrons. The molecule has 1 aromatic heterocycles. The van der Waals surface area contributed by atoms with Gasteiger partial charge in [-0.3, -0.25) is 0 Å². The van der Waals surface area contributed by atoms with Crippen LogP contribution >= 0.6 is 11.6 Å². The Balaban J connectivity index is 2.95. The van der Waals surface area contributed by atoms with E-state index in [0.717, 1.165) is 24.2 Å².